The summed E-state index contributed by atoms with van der Waals surface area (Å²) in [5.41, 5.74) is 0.865. The lowest BCUT2D eigenvalue weighted by molar-refractivity contribution is 0.306. The highest BCUT2D eigenvalue weighted by molar-refractivity contribution is 9.10. The minimum atomic E-state index is -1.28. The van der Waals surface area contributed by atoms with Crippen LogP contribution >= 0.6 is 39.1 Å². The van der Waals surface area contributed by atoms with Crippen molar-refractivity contribution in [2.75, 3.05) is 24.6 Å². The van der Waals surface area contributed by atoms with Crippen LogP contribution in [0.15, 0.2) is 47.6 Å². The van der Waals surface area contributed by atoms with Crippen LogP contribution in [0.25, 0.3) is 0 Å². The van der Waals surface area contributed by atoms with Gasteiger partial charge in [0.25, 0.3) is 0 Å². The molecule has 2 atom stereocenters. The smallest absolute Gasteiger partial charge is 0.136 e. The van der Waals surface area contributed by atoms with Gasteiger partial charge in [-0.2, -0.15) is 0 Å². The van der Waals surface area contributed by atoms with Crippen LogP contribution in [0.3, 0.4) is 0 Å². The third kappa shape index (κ3) is 7.03. The number of benzene rings is 1. The van der Waals surface area contributed by atoms with Crippen molar-refractivity contribution < 1.29 is 9.29 Å². The van der Waals surface area contributed by atoms with Crippen LogP contribution in [0.2, 0.25) is 10.0 Å². The highest BCUT2D eigenvalue weighted by Crippen LogP contribution is 2.41. The molecule has 1 aromatic carbocycles. The van der Waals surface area contributed by atoms with E-state index in [1.807, 2.05) is 45.2 Å². The maximum Gasteiger partial charge on any atom is 0.136 e. The Kier molecular flexibility index (Phi) is 9.40. The fourth-order valence-corrected chi connectivity index (χ4v) is 5.25. The molecule has 1 fully saturated rings. The standard InChI is InChI=1S/C24H30BrCl2N3O2S/c1-5-12-32-21-14-20(27)19(26)13-18(21)23(29-33(31)24(2,3)4)16-8-10-30(11-9-16)22-7-6-17(25)15-28-22/h5-7,13-16,23,29H,1,8-12H2,2-4H3/t23-,33+/m1/s1. The predicted octanol–water partition coefficient (Wildman–Crippen LogP) is 6.73. The fraction of sp³-hybridized carbons (Fsp3) is 0.458. The topological polar surface area (TPSA) is 60.4 Å². The van der Waals surface area contributed by atoms with E-state index >= 15 is 0 Å². The van der Waals surface area contributed by atoms with Crippen molar-refractivity contribution in [2.24, 2.45) is 5.92 Å². The van der Waals surface area contributed by atoms with Gasteiger partial charge in [-0.25, -0.2) is 4.98 Å². The molecule has 180 valence electrons. The number of aromatic nitrogens is 1. The summed E-state index contributed by atoms with van der Waals surface area (Å²) >= 11 is 14.9. The van der Waals surface area contributed by atoms with Crippen LogP contribution in [0, 0.1) is 5.92 Å². The number of rotatable bonds is 8. The largest absolute Gasteiger partial charge is 0.598 e. The van der Waals surface area contributed by atoms with E-state index in [0.29, 0.717) is 22.4 Å². The molecule has 2 aromatic rings. The van der Waals surface area contributed by atoms with E-state index in [0.717, 1.165) is 41.8 Å². The number of ether oxygens (including phenoxy) is 1. The summed E-state index contributed by atoms with van der Waals surface area (Å²) in [6.45, 7) is 11.7. The highest BCUT2D eigenvalue weighted by atomic mass is 79.9. The molecule has 2 heterocycles. The number of pyridine rings is 1. The van der Waals surface area contributed by atoms with Gasteiger partial charge in [-0.1, -0.05) is 35.9 Å². The van der Waals surface area contributed by atoms with Crippen molar-refractivity contribution in [3.8, 4) is 5.75 Å². The predicted molar refractivity (Wildman–Crippen MR) is 143 cm³/mol. The van der Waals surface area contributed by atoms with Gasteiger partial charge in [0.05, 0.1) is 16.1 Å². The Morgan fingerprint density at radius 2 is 1.97 bits per heavy atom. The van der Waals surface area contributed by atoms with E-state index in [1.54, 1.807) is 12.1 Å². The molecule has 9 heteroatoms. The van der Waals surface area contributed by atoms with Gasteiger partial charge in [0.2, 0.25) is 0 Å². The van der Waals surface area contributed by atoms with Crippen molar-refractivity contribution in [2.45, 2.75) is 44.4 Å². The van der Waals surface area contributed by atoms with E-state index in [-0.39, 0.29) is 12.0 Å². The molecule has 5 nitrogen and oxygen atoms in total. The molecule has 1 aliphatic rings. The number of nitrogens with zero attached hydrogens (tertiary/aromatic N) is 2. The Morgan fingerprint density at radius 3 is 2.55 bits per heavy atom. The van der Waals surface area contributed by atoms with Gasteiger partial charge in [0, 0.05) is 46.8 Å². The Labute approximate surface area is 218 Å². The molecule has 0 aliphatic carbocycles. The zero-order valence-electron chi connectivity index (χ0n) is 19.1. The van der Waals surface area contributed by atoms with Crippen LogP contribution in [-0.2, 0) is 11.4 Å². The second-order valence-electron chi connectivity index (χ2n) is 9.04. The van der Waals surface area contributed by atoms with Crippen LogP contribution in [0.1, 0.15) is 45.2 Å². The third-order valence-electron chi connectivity index (χ3n) is 5.58. The molecule has 3 rings (SSSR count). The van der Waals surface area contributed by atoms with Gasteiger partial charge in [-0.05, 0) is 73.7 Å². The van der Waals surface area contributed by atoms with E-state index in [1.165, 1.54) is 0 Å². The molecule has 0 amide bonds. The van der Waals surface area contributed by atoms with Gasteiger partial charge in [-0.15, -0.1) is 4.72 Å². The Bertz CT molecular complexity index is 948. The molecule has 1 N–H and O–H groups in total. The van der Waals surface area contributed by atoms with Crippen LogP contribution in [0.4, 0.5) is 5.82 Å². The number of nitrogens with one attached hydrogen (secondary N) is 1. The first-order chi connectivity index (χ1) is 15.6. The summed E-state index contributed by atoms with van der Waals surface area (Å²) in [7, 11) is 0. The lowest BCUT2D eigenvalue weighted by Crippen LogP contribution is -2.46. The molecule has 1 aliphatic heterocycles. The summed E-state index contributed by atoms with van der Waals surface area (Å²) in [5.74, 6) is 1.82. The first-order valence-corrected chi connectivity index (χ1v) is 13.6. The monoisotopic (exact) mass is 573 g/mol. The normalized spacial score (nSPS) is 17.0. The maximum atomic E-state index is 13.1. The molecule has 0 bridgehead atoms. The second-order valence-corrected chi connectivity index (χ2v) is 12.8. The van der Waals surface area contributed by atoms with Crippen molar-refractivity contribution in [3.63, 3.8) is 0 Å². The van der Waals surface area contributed by atoms with Gasteiger partial charge < -0.3 is 14.2 Å². The summed E-state index contributed by atoms with van der Waals surface area (Å²) in [6, 6.07) is 7.39. The molecule has 0 spiro atoms. The molecule has 1 aromatic heterocycles. The van der Waals surface area contributed by atoms with Gasteiger partial charge in [-0.3, -0.25) is 0 Å². The number of hydrogen-bond donors (Lipinski definition) is 1. The van der Waals surface area contributed by atoms with Crippen molar-refractivity contribution in [3.05, 3.63) is 63.2 Å². The average Bonchev–Trinajstić information content (AvgIpc) is 2.78. The SMILES string of the molecule is C=CCOc1cc(Cl)c(Cl)cc1[C@H](N[S@@+]([O-])C(C)(C)C)C1CCN(c2ccc(Br)cn2)CC1. The fourth-order valence-electron chi connectivity index (χ4n) is 3.78. The first-order valence-electron chi connectivity index (χ1n) is 10.9. The third-order valence-corrected chi connectivity index (χ3v) is 8.35. The number of halogens is 3. The van der Waals surface area contributed by atoms with Gasteiger partial charge >= 0.3 is 0 Å². The van der Waals surface area contributed by atoms with E-state index in [2.05, 4.69) is 37.1 Å². The molecule has 1 saturated heterocycles. The van der Waals surface area contributed by atoms with Crippen LogP contribution in [0.5, 0.6) is 5.75 Å². The molecular formula is C24H30BrCl2N3O2S. The van der Waals surface area contributed by atoms with Gasteiger partial charge in [0.15, 0.2) is 0 Å². The molecule has 0 saturated carbocycles. The van der Waals surface area contributed by atoms with Crippen molar-refractivity contribution in [1.82, 2.24) is 9.71 Å². The van der Waals surface area contributed by atoms with Crippen LogP contribution in [-0.4, -0.2) is 34.0 Å². The summed E-state index contributed by atoms with van der Waals surface area (Å²) in [6.07, 6.45) is 5.30. The zero-order chi connectivity index (χ0) is 24.2. The number of piperidine rings is 1. The summed E-state index contributed by atoms with van der Waals surface area (Å²) in [5, 5.41) is 0.869. The van der Waals surface area contributed by atoms with E-state index in [4.69, 9.17) is 27.9 Å². The van der Waals surface area contributed by atoms with E-state index in [9.17, 15) is 4.55 Å². The maximum absolute atomic E-state index is 13.1. The molecular weight excluding hydrogens is 545 g/mol. The molecule has 33 heavy (non-hydrogen) atoms. The van der Waals surface area contributed by atoms with Crippen LogP contribution < -0.4 is 14.4 Å². The zero-order valence-corrected chi connectivity index (χ0v) is 23.0. The average molecular weight is 575 g/mol. The Morgan fingerprint density at radius 1 is 1.30 bits per heavy atom. The quantitative estimate of drug-likeness (QED) is 0.280. The lowest BCUT2D eigenvalue weighted by Gasteiger charge is -2.38. The Balaban J connectivity index is 1.89. The van der Waals surface area contributed by atoms with Crippen molar-refractivity contribution in [1.29, 1.82) is 0 Å². The minimum absolute atomic E-state index is 0.209. The molecule has 0 unspecified atom stereocenters. The first kappa shape index (κ1) is 26.6. The van der Waals surface area contributed by atoms with Gasteiger partial charge in [0.1, 0.15) is 22.9 Å². The van der Waals surface area contributed by atoms with E-state index < -0.39 is 16.1 Å². The Hall–Kier alpha value is -0.960. The summed E-state index contributed by atoms with van der Waals surface area (Å²) < 4.78 is 23.0. The highest BCUT2D eigenvalue weighted by Gasteiger charge is 2.37. The lowest BCUT2D eigenvalue weighted by atomic mass is 9.85. The molecule has 0 radical (unpaired) electrons. The minimum Gasteiger partial charge on any atom is -0.598 e. The number of hydrogen-bond acceptors (Lipinski definition) is 5. The van der Waals surface area contributed by atoms with Crippen molar-refractivity contribution >= 4 is 56.3 Å². The second kappa shape index (κ2) is 11.6. The summed E-state index contributed by atoms with van der Waals surface area (Å²) in [4.78, 5) is 6.82. The number of anilines is 1.